The molecule has 3 aromatic rings. The highest BCUT2D eigenvalue weighted by Gasteiger charge is 2.19. The molecule has 158 valence electrons. The number of hydrogen-bond acceptors (Lipinski definition) is 4. The van der Waals surface area contributed by atoms with Crippen molar-refractivity contribution in [2.45, 2.75) is 25.2 Å². The van der Waals surface area contributed by atoms with Gasteiger partial charge in [0, 0.05) is 30.5 Å². The van der Waals surface area contributed by atoms with E-state index in [-0.39, 0.29) is 17.3 Å². The number of allylic oxidation sites excluding steroid dienone is 1. The van der Waals surface area contributed by atoms with Crippen molar-refractivity contribution in [3.8, 4) is 0 Å². The van der Waals surface area contributed by atoms with Crippen LogP contribution in [0.2, 0.25) is 0 Å². The largest absolute Gasteiger partial charge is 0.478 e. The molecule has 1 atom stereocenters. The molecule has 4 rings (SSSR count). The molecular weight excluding hydrogens is 393 g/mol. The van der Waals surface area contributed by atoms with Crippen molar-refractivity contribution in [2.24, 2.45) is 0 Å². The molecule has 0 radical (unpaired) electrons. The Hall–Kier alpha value is -3.67. The van der Waals surface area contributed by atoms with E-state index in [4.69, 9.17) is 0 Å². The van der Waals surface area contributed by atoms with Crippen LogP contribution in [0.3, 0.4) is 0 Å². The van der Waals surface area contributed by atoms with Crippen LogP contribution in [0.15, 0.2) is 73.2 Å². The fourth-order valence-corrected chi connectivity index (χ4v) is 4.03. The van der Waals surface area contributed by atoms with E-state index in [0.29, 0.717) is 5.69 Å². The highest BCUT2D eigenvalue weighted by Crippen LogP contribution is 2.36. The number of rotatable bonds is 6. The van der Waals surface area contributed by atoms with Crippen LogP contribution in [0.25, 0.3) is 0 Å². The van der Waals surface area contributed by atoms with Gasteiger partial charge in [0.15, 0.2) is 0 Å². The molecule has 1 aliphatic carbocycles. The predicted molar refractivity (Wildman–Crippen MR) is 121 cm³/mol. The SMILES string of the molecule is CN(c1cccc(F)c1)c1ccc2c(c1)CCCC2/C=C/Nc1cnccc1C(=O)O. The van der Waals surface area contributed by atoms with Crippen LogP contribution in [0.5, 0.6) is 0 Å². The number of halogens is 1. The van der Waals surface area contributed by atoms with Gasteiger partial charge in [0.1, 0.15) is 5.82 Å². The third-order valence-electron chi connectivity index (χ3n) is 5.69. The Bertz CT molecular complexity index is 1130. The van der Waals surface area contributed by atoms with E-state index in [1.807, 2.05) is 18.0 Å². The van der Waals surface area contributed by atoms with Crippen molar-refractivity contribution in [3.63, 3.8) is 0 Å². The second-order valence-corrected chi connectivity index (χ2v) is 7.65. The topological polar surface area (TPSA) is 65.5 Å². The number of pyridine rings is 1. The zero-order chi connectivity index (χ0) is 21.8. The van der Waals surface area contributed by atoms with Crippen LogP contribution in [-0.2, 0) is 6.42 Å². The van der Waals surface area contributed by atoms with Crippen molar-refractivity contribution >= 4 is 23.0 Å². The number of aryl methyl sites for hydroxylation is 1. The van der Waals surface area contributed by atoms with E-state index < -0.39 is 5.97 Å². The molecular formula is C25H24FN3O2. The van der Waals surface area contributed by atoms with Gasteiger partial charge in [-0.1, -0.05) is 18.2 Å². The third kappa shape index (κ3) is 4.58. The van der Waals surface area contributed by atoms with Crippen molar-refractivity contribution in [1.29, 1.82) is 0 Å². The highest BCUT2D eigenvalue weighted by molar-refractivity contribution is 5.94. The van der Waals surface area contributed by atoms with Crippen LogP contribution in [-0.4, -0.2) is 23.1 Å². The molecule has 2 aromatic carbocycles. The minimum absolute atomic E-state index is 0.189. The fourth-order valence-electron chi connectivity index (χ4n) is 4.03. The second kappa shape index (κ2) is 9.00. The molecule has 0 amide bonds. The van der Waals surface area contributed by atoms with Gasteiger partial charge >= 0.3 is 5.97 Å². The minimum Gasteiger partial charge on any atom is -0.478 e. The maximum atomic E-state index is 13.6. The standard InChI is InChI=1S/C25H24FN3O2/c1-29(20-7-3-6-19(26)15-20)21-8-9-22-17(4-2-5-18(22)14-21)10-13-28-24-16-27-12-11-23(24)25(30)31/h3,6-17,28H,2,4-5H2,1H3,(H,30,31)/b13-10+. The first kappa shape index (κ1) is 20.6. The lowest BCUT2D eigenvalue weighted by atomic mass is 9.82. The van der Waals surface area contributed by atoms with E-state index in [2.05, 4.69) is 34.6 Å². The zero-order valence-electron chi connectivity index (χ0n) is 17.3. The molecule has 31 heavy (non-hydrogen) atoms. The van der Waals surface area contributed by atoms with Gasteiger partial charge in [-0.05, 0) is 73.0 Å². The summed E-state index contributed by atoms with van der Waals surface area (Å²) in [6.45, 7) is 0. The van der Waals surface area contributed by atoms with E-state index in [1.165, 1.54) is 41.7 Å². The minimum atomic E-state index is -0.990. The van der Waals surface area contributed by atoms with E-state index >= 15 is 0 Å². The summed E-state index contributed by atoms with van der Waals surface area (Å²) in [5.74, 6) is -0.995. The van der Waals surface area contributed by atoms with Crippen LogP contribution in [0.1, 0.15) is 40.2 Å². The monoisotopic (exact) mass is 417 g/mol. The molecule has 0 fully saturated rings. The number of nitrogens with one attached hydrogen (secondary N) is 1. The summed E-state index contributed by atoms with van der Waals surface area (Å²) in [5.41, 5.74) is 5.04. The summed E-state index contributed by atoms with van der Waals surface area (Å²) >= 11 is 0. The average Bonchev–Trinajstić information content (AvgIpc) is 2.78. The first-order chi connectivity index (χ1) is 15.0. The van der Waals surface area contributed by atoms with Gasteiger partial charge < -0.3 is 15.3 Å². The van der Waals surface area contributed by atoms with Gasteiger partial charge in [0.05, 0.1) is 17.4 Å². The number of fused-ring (bicyclic) bond motifs is 1. The number of hydrogen-bond donors (Lipinski definition) is 2. The molecule has 1 unspecified atom stereocenters. The van der Waals surface area contributed by atoms with Crippen LogP contribution >= 0.6 is 0 Å². The summed E-state index contributed by atoms with van der Waals surface area (Å²) in [6.07, 6.45) is 9.96. The number of carbonyl (C=O) groups is 1. The normalized spacial score (nSPS) is 15.5. The first-order valence-corrected chi connectivity index (χ1v) is 10.3. The van der Waals surface area contributed by atoms with Gasteiger partial charge in [0.25, 0.3) is 0 Å². The zero-order valence-corrected chi connectivity index (χ0v) is 17.3. The molecule has 0 spiro atoms. The molecule has 0 saturated heterocycles. The first-order valence-electron chi connectivity index (χ1n) is 10.3. The van der Waals surface area contributed by atoms with Crippen molar-refractivity contribution in [1.82, 2.24) is 4.98 Å². The molecule has 0 aliphatic heterocycles. The number of carboxylic acid groups (broad SMARTS) is 1. The smallest absolute Gasteiger partial charge is 0.337 e. The highest BCUT2D eigenvalue weighted by atomic mass is 19.1. The Kier molecular flexibility index (Phi) is 5.98. The quantitative estimate of drug-likeness (QED) is 0.536. The maximum Gasteiger partial charge on any atom is 0.337 e. The Labute approximate surface area is 180 Å². The number of benzene rings is 2. The van der Waals surface area contributed by atoms with Gasteiger partial charge in [-0.3, -0.25) is 4.98 Å². The van der Waals surface area contributed by atoms with E-state index in [9.17, 15) is 14.3 Å². The fraction of sp³-hybridized carbons (Fsp3) is 0.200. The molecule has 1 aliphatic rings. The van der Waals surface area contributed by atoms with Crippen LogP contribution in [0.4, 0.5) is 21.5 Å². The molecule has 6 heteroatoms. The van der Waals surface area contributed by atoms with Crippen molar-refractivity contribution in [2.75, 3.05) is 17.3 Å². The van der Waals surface area contributed by atoms with Crippen LogP contribution < -0.4 is 10.2 Å². The van der Waals surface area contributed by atoms with Crippen molar-refractivity contribution in [3.05, 3.63) is 95.7 Å². The number of aromatic nitrogens is 1. The lowest BCUT2D eigenvalue weighted by Gasteiger charge is -2.26. The summed E-state index contributed by atoms with van der Waals surface area (Å²) in [6, 6.07) is 14.4. The molecule has 1 heterocycles. The summed E-state index contributed by atoms with van der Waals surface area (Å²) in [5, 5.41) is 12.4. The molecule has 0 bridgehead atoms. The lowest BCUT2D eigenvalue weighted by Crippen LogP contribution is -2.13. The Morgan fingerprint density at radius 2 is 2.06 bits per heavy atom. The molecule has 5 nitrogen and oxygen atoms in total. The second-order valence-electron chi connectivity index (χ2n) is 7.65. The van der Waals surface area contributed by atoms with E-state index in [1.54, 1.807) is 12.3 Å². The van der Waals surface area contributed by atoms with Crippen LogP contribution in [0, 0.1) is 5.82 Å². The number of aromatic carboxylic acids is 1. The van der Waals surface area contributed by atoms with Gasteiger partial charge in [-0.2, -0.15) is 0 Å². The number of nitrogens with zero attached hydrogens (tertiary/aromatic N) is 2. The number of anilines is 3. The van der Waals surface area contributed by atoms with Gasteiger partial charge in [-0.25, -0.2) is 9.18 Å². The average molecular weight is 417 g/mol. The Balaban J connectivity index is 1.52. The van der Waals surface area contributed by atoms with E-state index in [0.717, 1.165) is 30.6 Å². The van der Waals surface area contributed by atoms with Crippen molar-refractivity contribution < 1.29 is 14.3 Å². The summed E-state index contributed by atoms with van der Waals surface area (Å²) in [7, 11) is 1.94. The van der Waals surface area contributed by atoms with Gasteiger partial charge in [-0.15, -0.1) is 0 Å². The maximum absolute atomic E-state index is 13.6. The lowest BCUT2D eigenvalue weighted by molar-refractivity contribution is 0.0698. The Morgan fingerprint density at radius 3 is 2.87 bits per heavy atom. The molecule has 1 aromatic heterocycles. The summed E-state index contributed by atoms with van der Waals surface area (Å²) < 4.78 is 13.6. The predicted octanol–water partition coefficient (Wildman–Crippen LogP) is 5.73. The number of carboxylic acids is 1. The molecule has 0 saturated carbocycles. The Morgan fingerprint density at radius 1 is 1.23 bits per heavy atom. The van der Waals surface area contributed by atoms with Gasteiger partial charge in [0.2, 0.25) is 0 Å². The summed E-state index contributed by atoms with van der Waals surface area (Å²) in [4.78, 5) is 17.3. The third-order valence-corrected chi connectivity index (χ3v) is 5.69. The molecule has 2 N–H and O–H groups in total.